The molecule has 0 aliphatic carbocycles. The monoisotopic (exact) mass is 311 g/mol. The van der Waals surface area contributed by atoms with Gasteiger partial charge in [-0.1, -0.05) is 0 Å². The van der Waals surface area contributed by atoms with Crippen molar-refractivity contribution >= 4 is 23.6 Å². The van der Waals surface area contributed by atoms with Gasteiger partial charge in [0.05, 0.1) is 18.3 Å². The van der Waals surface area contributed by atoms with Gasteiger partial charge in [-0.2, -0.15) is 5.10 Å². The Kier molecular flexibility index (Phi) is 2.94. The standard InChI is InChI=1S/C16H13N3O4/c1-18-8-10(7-17-18)4-11-5-15(20)19(16(11)21)12-2-3-13-14(6-12)23-9-22-13/h2-4,6-8H,5,9H2,1H3/b11-4+. The third kappa shape index (κ3) is 2.26. The van der Waals surface area contributed by atoms with Gasteiger partial charge in [0.2, 0.25) is 12.7 Å². The topological polar surface area (TPSA) is 73.7 Å². The molecule has 1 aromatic carbocycles. The number of hydrogen-bond acceptors (Lipinski definition) is 5. The first-order chi connectivity index (χ1) is 11.1. The average molecular weight is 311 g/mol. The van der Waals surface area contributed by atoms with E-state index in [0.29, 0.717) is 22.8 Å². The fourth-order valence-corrected chi connectivity index (χ4v) is 2.69. The van der Waals surface area contributed by atoms with Crippen LogP contribution in [0.25, 0.3) is 6.08 Å². The Morgan fingerprint density at radius 1 is 1.22 bits per heavy atom. The van der Waals surface area contributed by atoms with Crippen molar-refractivity contribution in [1.29, 1.82) is 0 Å². The molecule has 0 atom stereocenters. The predicted molar refractivity (Wildman–Crippen MR) is 80.9 cm³/mol. The van der Waals surface area contributed by atoms with E-state index in [0.717, 1.165) is 5.56 Å². The molecule has 0 saturated carbocycles. The Morgan fingerprint density at radius 3 is 2.83 bits per heavy atom. The predicted octanol–water partition coefficient (Wildman–Crippen LogP) is 1.50. The Bertz CT molecular complexity index is 853. The van der Waals surface area contributed by atoms with Crippen molar-refractivity contribution < 1.29 is 19.1 Å². The summed E-state index contributed by atoms with van der Waals surface area (Å²) in [6, 6.07) is 5.02. The van der Waals surface area contributed by atoms with Crippen LogP contribution >= 0.6 is 0 Å². The second kappa shape index (κ2) is 4.98. The molecule has 1 saturated heterocycles. The maximum atomic E-state index is 12.6. The Morgan fingerprint density at radius 2 is 2.04 bits per heavy atom. The number of fused-ring (bicyclic) bond motifs is 1. The summed E-state index contributed by atoms with van der Waals surface area (Å²) < 4.78 is 12.2. The summed E-state index contributed by atoms with van der Waals surface area (Å²) in [6.45, 7) is 0.146. The fraction of sp³-hybridized carbons (Fsp3) is 0.188. The van der Waals surface area contributed by atoms with E-state index in [1.165, 1.54) is 4.90 Å². The van der Waals surface area contributed by atoms with Crippen molar-refractivity contribution in [1.82, 2.24) is 9.78 Å². The van der Waals surface area contributed by atoms with Crippen molar-refractivity contribution in [2.24, 2.45) is 7.05 Å². The molecule has 1 aromatic heterocycles. The van der Waals surface area contributed by atoms with Crippen molar-refractivity contribution in [2.45, 2.75) is 6.42 Å². The number of anilines is 1. The number of aryl methyl sites for hydroxylation is 1. The van der Waals surface area contributed by atoms with Gasteiger partial charge in [0, 0.05) is 30.4 Å². The molecule has 2 aliphatic heterocycles. The van der Waals surface area contributed by atoms with Gasteiger partial charge in [-0.05, 0) is 18.2 Å². The van der Waals surface area contributed by atoms with Gasteiger partial charge in [-0.3, -0.25) is 14.3 Å². The lowest BCUT2D eigenvalue weighted by Crippen LogP contribution is -2.28. The number of ether oxygens (including phenoxy) is 2. The number of benzene rings is 1. The fourth-order valence-electron chi connectivity index (χ4n) is 2.69. The summed E-state index contributed by atoms with van der Waals surface area (Å²) >= 11 is 0. The van der Waals surface area contributed by atoms with Gasteiger partial charge in [0.15, 0.2) is 11.5 Å². The normalized spacial score (nSPS) is 18.3. The van der Waals surface area contributed by atoms with Gasteiger partial charge >= 0.3 is 0 Å². The number of carbonyl (C=O) groups is 2. The smallest absolute Gasteiger partial charge is 0.261 e. The van der Waals surface area contributed by atoms with Crippen molar-refractivity contribution in [3.8, 4) is 11.5 Å². The summed E-state index contributed by atoms with van der Waals surface area (Å²) in [5, 5.41) is 4.05. The van der Waals surface area contributed by atoms with Gasteiger partial charge in [0.25, 0.3) is 5.91 Å². The molecule has 0 unspecified atom stereocenters. The third-order valence-electron chi connectivity index (χ3n) is 3.75. The molecule has 0 spiro atoms. The first-order valence-electron chi connectivity index (χ1n) is 7.08. The van der Waals surface area contributed by atoms with Gasteiger partial charge in [0.1, 0.15) is 0 Å². The van der Waals surface area contributed by atoms with E-state index in [1.807, 2.05) is 0 Å². The largest absolute Gasteiger partial charge is 0.454 e. The summed E-state index contributed by atoms with van der Waals surface area (Å²) in [7, 11) is 1.79. The molecule has 0 radical (unpaired) electrons. The lowest BCUT2D eigenvalue weighted by Gasteiger charge is -2.13. The Hall–Kier alpha value is -3.09. The first-order valence-corrected chi connectivity index (χ1v) is 7.08. The van der Waals surface area contributed by atoms with Gasteiger partial charge < -0.3 is 9.47 Å². The molecule has 0 bridgehead atoms. The maximum absolute atomic E-state index is 12.6. The average Bonchev–Trinajstić information content (AvgIpc) is 3.20. The summed E-state index contributed by atoms with van der Waals surface area (Å²) in [5.74, 6) is 0.563. The number of aromatic nitrogens is 2. The third-order valence-corrected chi connectivity index (χ3v) is 3.75. The highest BCUT2D eigenvalue weighted by molar-refractivity contribution is 6.29. The summed E-state index contributed by atoms with van der Waals surface area (Å²) in [4.78, 5) is 26.0. The molecule has 23 heavy (non-hydrogen) atoms. The highest BCUT2D eigenvalue weighted by atomic mass is 16.7. The number of nitrogens with zero attached hydrogens (tertiary/aromatic N) is 3. The van der Waals surface area contributed by atoms with Crippen LogP contribution in [-0.2, 0) is 16.6 Å². The van der Waals surface area contributed by atoms with Crippen molar-refractivity contribution in [3.05, 3.63) is 41.7 Å². The van der Waals surface area contributed by atoms with Crippen molar-refractivity contribution in [3.63, 3.8) is 0 Å². The van der Waals surface area contributed by atoms with E-state index in [1.54, 1.807) is 48.4 Å². The number of hydrogen-bond donors (Lipinski definition) is 0. The van der Waals surface area contributed by atoms with E-state index >= 15 is 0 Å². The Labute approximate surface area is 131 Å². The van der Waals surface area contributed by atoms with E-state index in [9.17, 15) is 9.59 Å². The molecule has 1 fully saturated rings. The van der Waals surface area contributed by atoms with Crippen molar-refractivity contribution in [2.75, 3.05) is 11.7 Å². The molecule has 7 heteroatoms. The summed E-state index contributed by atoms with van der Waals surface area (Å²) in [5.41, 5.74) is 1.72. The molecule has 7 nitrogen and oxygen atoms in total. The van der Waals surface area contributed by atoms with Crippen LogP contribution in [0, 0.1) is 0 Å². The van der Waals surface area contributed by atoms with Crippen LogP contribution < -0.4 is 14.4 Å². The minimum atomic E-state index is -0.322. The van der Waals surface area contributed by atoms with Crippen LogP contribution in [0.4, 0.5) is 5.69 Å². The molecular weight excluding hydrogens is 298 g/mol. The lowest BCUT2D eigenvalue weighted by atomic mass is 10.1. The van der Waals surface area contributed by atoms with E-state index in [4.69, 9.17) is 9.47 Å². The van der Waals surface area contributed by atoms with E-state index in [-0.39, 0.29) is 25.0 Å². The van der Waals surface area contributed by atoms with Gasteiger partial charge in [-0.15, -0.1) is 0 Å². The zero-order valence-electron chi connectivity index (χ0n) is 12.4. The molecule has 2 amide bonds. The maximum Gasteiger partial charge on any atom is 0.261 e. The van der Waals surface area contributed by atoms with Gasteiger partial charge in [-0.25, -0.2) is 4.90 Å². The minimum absolute atomic E-state index is 0.0716. The zero-order valence-corrected chi connectivity index (χ0v) is 12.4. The second-order valence-electron chi connectivity index (χ2n) is 5.37. The number of imide groups is 1. The molecule has 0 N–H and O–H groups in total. The number of amides is 2. The van der Waals surface area contributed by atoms with Crippen LogP contribution in [0.5, 0.6) is 11.5 Å². The highest BCUT2D eigenvalue weighted by Gasteiger charge is 2.35. The molecule has 2 aliphatic rings. The quantitative estimate of drug-likeness (QED) is 0.620. The zero-order chi connectivity index (χ0) is 16.0. The molecular formula is C16H13N3O4. The molecule has 4 rings (SSSR count). The van der Waals surface area contributed by atoms with Crippen LogP contribution in [0.3, 0.4) is 0 Å². The minimum Gasteiger partial charge on any atom is -0.454 e. The molecule has 3 heterocycles. The Balaban J connectivity index is 1.66. The lowest BCUT2D eigenvalue weighted by molar-refractivity contribution is -0.120. The highest BCUT2D eigenvalue weighted by Crippen LogP contribution is 2.37. The first kappa shape index (κ1) is 13.6. The van der Waals surface area contributed by atoms with Crippen LogP contribution in [0.1, 0.15) is 12.0 Å². The van der Waals surface area contributed by atoms with E-state index < -0.39 is 0 Å². The molecule has 116 valence electrons. The van der Waals surface area contributed by atoms with Crippen LogP contribution in [-0.4, -0.2) is 28.4 Å². The van der Waals surface area contributed by atoms with Crippen LogP contribution in [0.15, 0.2) is 36.2 Å². The number of carbonyl (C=O) groups excluding carboxylic acids is 2. The number of rotatable bonds is 2. The SMILES string of the molecule is Cn1cc(/C=C2\CC(=O)N(c3ccc4c(c3)OCO4)C2=O)cn1. The van der Waals surface area contributed by atoms with E-state index in [2.05, 4.69) is 5.10 Å². The van der Waals surface area contributed by atoms with Crippen LogP contribution in [0.2, 0.25) is 0 Å². The second-order valence-corrected chi connectivity index (χ2v) is 5.37. The summed E-state index contributed by atoms with van der Waals surface area (Å²) in [6.07, 6.45) is 5.20. The molecule has 2 aromatic rings.